The maximum atomic E-state index is 10.3. The van der Waals surface area contributed by atoms with Crippen LogP contribution in [0.25, 0.3) is 0 Å². The third kappa shape index (κ3) is 4.75. The lowest BCUT2D eigenvalue weighted by Crippen LogP contribution is -2.04. The second kappa shape index (κ2) is 8.41. The highest BCUT2D eigenvalue weighted by Crippen LogP contribution is 2.29. The monoisotopic (exact) mass is 328 g/mol. The van der Waals surface area contributed by atoms with E-state index in [2.05, 4.69) is 34.8 Å². The van der Waals surface area contributed by atoms with Crippen molar-refractivity contribution in [3.63, 3.8) is 0 Å². The molecule has 0 saturated carbocycles. The van der Waals surface area contributed by atoms with Crippen molar-refractivity contribution in [1.82, 2.24) is 0 Å². The maximum absolute atomic E-state index is 10.3. The topological polar surface area (TPSA) is 58.5 Å². The van der Waals surface area contributed by atoms with E-state index in [1.54, 1.807) is 23.5 Å². The van der Waals surface area contributed by atoms with Crippen LogP contribution in [0.15, 0.2) is 68.3 Å². The van der Waals surface area contributed by atoms with Crippen molar-refractivity contribution in [2.75, 3.05) is 11.7 Å². The first-order valence-electron chi connectivity index (χ1n) is 6.27. The van der Waals surface area contributed by atoms with Gasteiger partial charge < -0.3 is 0 Å². The lowest BCUT2D eigenvalue weighted by molar-refractivity contribution is 0.561. The van der Waals surface area contributed by atoms with Crippen LogP contribution in [0.5, 0.6) is 0 Å². The molecule has 0 fully saturated rings. The van der Waals surface area contributed by atoms with E-state index in [1.807, 2.05) is 30.5 Å². The average molecular weight is 328 g/mol. The van der Waals surface area contributed by atoms with Gasteiger partial charge in [-0.15, -0.1) is 11.8 Å². The van der Waals surface area contributed by atoms with E-state index in [1.165, 1.54) is 17.5 Å². The minimum Gasteiger partial charge on any atom is -0.283 e. The summed E-state index contributed by atoms with van der Waals surface area (Å²) in [6, 6.07) is 15.8. The average Bonchev–Trinajstić information content (AvgIpc) is 2.58. The van der Waals surface area contributed by atoms with Gasteiger partial charge in [-0.3, -0.25) is 15.0 Å². The molecule has 2 aromatic rings. The van der Waals surface area contributed by atoms with Crippen molar-refractivity contribution in [1.29, 1.82) is 0 Å². The molecule has 2 rings (SSSR count). The number of nitrogens with one attached hydrogen (secondary N) is 1. The van der Waals surface area contributed by atoms with Gasteiger partial charge in [0.1, 0.15) is 0 Å². The Balaban J connectivity index is 2.00. The molecule has 0 spiro atoms. The summed E-state index contributed by atoms with van der Waals surface area (Å²) >= 11 is 3.36. The van der Waals surface area contributed by atoms with E-state index in [-0.39, 0.29) is 0 Å². The van der Waals surface area contributed by atoms with Crippen LogP contribution in [0, 0.1) is 0 Å². The Morgan fingerprint density at radius 3 is 1.91 bits per heavy atom. The second-order valence-electron chi connectivity index (χ2n) is 4.08. The summed E-state index contributed by atoms with van der Waals surface area (Å²) in [7, 11) is 0. The molecule has 1 N–H and O–H groups in total. The number of hydrazone groups is 1. The van der Waals surface area contributed by atoms with Crippen LogP contribution < -0.4 is 5.43 Å². The molecule has 0 heterocycles. The quantitative estimate of drug-likeness (QED) is 0.364. The largest absolute Gasteiger partial charge is 0.283 e. The maximum Gasteiger partial charge on any atom is 0.259 e. The van der Waals surface area contributed by atoms with E-state index in [0.29, 0.717) is 5.69 Å². The molecule has 0 aromatic heterocycles. The molecule has 110 valence electrons. The summed E-state index contributed by atoms with van der Waals surface area (Å²) in [6.45, 7) is 0. The molecule has 2 radical (unpaired) electrons. The Bertz CT molecular complexity index is 658. The van der Waals surface area contributed by atoms with Crippen molar-refractivity contribution < 1.29 is 9.59 Å². The van der Waals surface area contributed by atoms with Gasteiger partial charge in [0, 0.05) is 14.7 Å². The standard InChI is InChI=1S/C16H12N2O2S2/c1-21-14-6-8-16(9-7-14)22-15-4-2-12(3-5-15)17-18-13(10-19)11-20/h2-9,17H,1H3. The normalized spacial score (nSPS) is 9.86. The van der Waals surface area contributed by atoms with Gasteiger partial charge in [-0.2, -0.15) is 5.10 Å². The fourth-order valence-electron chi connectivity index (χ4n) is 1.56. The molecule has 2 aromatic carbocycles. The molecule has 0 amide bonds. The number of rotatable bonds is 7. The van der Waals surface area contributed by atoms with Crippen LogP contribution in [0.2, 0.25) is 0 Å². The van der Waals surface area contributed by atoms with Gasteiger partial charge in [0.25, 0.3) is 12.6 Å². The Labute approximate surface area is 137 Å². The van der Waals surface area contributed by atoms with Crippen molar-refractivity contribution in [2.45, 2.75) is 14.7 Å². The van der Waals surface area contributed by atoms with E-state index < -0.39 is 5.71 Å². The van der Waals surface area contributed by atoms with Gasteiger partial charge in [0.15, 0.2) is 5.71 Å². The second-order valence-corrected chi connectivity index (χ2v) is 6.10. The molecule has 0 unspecified atom stereocenters. The number of hydrogen-bond donors (Lipinski definition) is 1. The Morgan fingerprint density at radius 2 is 1.41 bits per heavy atom. The van der Waals surface area contributed by atoms with Gasteiger partial charge in [-0.25, -0.2) is 0 Å². The molecule has 4 nitrogen and oxygen atoms in total. The SMILES string of the molecule is CSc1ccc(Sc2ccc(NN=C([C]=O)[C]=O)cc2)cc1. The molecule has 22 heavy (non-hydrogen) atoms. The third-order valence-electron chi connectivity index (χ3n) is 2.64. The fraction of sp³-hybridized carbons (Fsp3) is 0.0625. The number of hydrogen-bond acceptors (Lipinski definition) is 6. The van der Waals surface area contributed by atoms with Gasteiger partial charge in [0.2, 0.25) is 0 Å². The summed E-state index contributed by atoms with van der Waals surface area (Å²) in [6.07, 6.45) is 4.81. The van der Waals surface area contributed by atoms with Crippen molar-refractivity contribution in [2.24, 2.45) is 5.10 Å². The lowest BCUT2D eigenvalue weighted by atomic mass is 10.3. The number of thioether (sulfide) groups is 1. The van der Waals surface area contributed by atoms with Gasteiger partial charge >= 0.3 is 0 Å². The van der Waals surface area contributed by atoms with Crippen LogP contribution in [-0.2, 0) is 9.59 Å². The summed E-state index contributed by atoms with van der Waals surface area (Å²) < 4.78 is 0. The molecular weight excluding hydrogens is 316 g/mol. The highest BCUT2D eigenvalue weighted by molar-refractivity contribution is 7.99. The van der Waals surface area contributed by atoms with Crippen LogP contribution in [0.3, 0.4) is 0 Å². The van der Waals surface area contributed by atoms with E-state index in [0.717, 1.165) is 9.79 Å². The fourth-order valence-corrected chi connectivity index (χ4v) is 2.79. The zero-order chi connectivity index (χ0) is 15.8. The Kier molecular flexibility index (Phi) is 6.24. The summed E-state index contributed by atoms with van der Waals surface area (Å²) in [5.41, 5.74) is 2.85. The molecule has 0 aliphatic carbocycles. The summed E-state index contributed by atoms with van der Waals surface area (Å²) in [5.74, 6) is 0. The van der Waals surface area contributed by atoms with E-state index in [9.17, 15) is 9.59 Å². The van der Waals surface area contributed by atoms with Crippen LogP contribution >= 0.6 is 23.5 Å². The van der Waals surface area contributed by atoms with Crippen molar-refractivity contribution in [3.8, 4) is 0 Å². The first-order chi connectivity index (χ1) is 10.7. The summed E-state index contributed by atoms with van der Waals surface area (Å²) in [5, 5.41) is 3.57. The van der Waals surface area contributed by atoms with Crippen LogP contribution in [-0.4, -0.2) is 24.5 Å². The minimum atomic E-state index is -0.424. The third-order valence-corrected chi connectivity index (χ3v) is 4.40. The summed E-state index contributed by atoms with van der Waals surface area (Å²) in [4.78, 5) is 24.1. The number of nitrogens with zero attached hydrogens (tertiary/aromatic N) is 1. The van der Waals surface area contributed by atoms with Gasteiger partial charge in [0.05, 0.1) is 5.69 Å². The Hall–Kier alpha value is -2.05. The smallest absolute Gasteiger partial charge is 0.259 e. The number of benzene rings is 2. The predicted octanol–water partition coefficient (Wildman–Crippen LogP) is 3.55. The predicted molar refractivity (Wildman–Crippen MR) is 91.2 cm³/mol. The van der Waals surface area contributed by atoms with Crippen molar-refractivity contribution in [3.05, 3.63) is 48.5 Å². The zero-order valence-electron chi connectivity index (χ0n) is 11.7. The van der Waals surface area contributed by atoms with Crippen LogP contribution in [0.1, 0.15) is 0 Å². The molecule has 0 saturated heterocycles. The molecule has 6 heteroatoms. The highest BCUT2D eigenvalue weighted by Gasteiger charge is 2.00. The number of carbonyl (C=O) groups excluding carboxylic acids is 2. The van der Waals surface area contributed by atoms with Gasteiger partial charge in [-0.05, 0) is 54.8 Å². The van der Waals surface area contributed by atoms with Gasteiger partial charge in [-0.1, -0.05) is 11.8 Å². The molecule has 0 bridgehead atoms. The molecule has 0 atom stereocenters. The highest BCUT2D eigenvalue weighted by atomic mass is 32.2. The molecular formula is C16H12N2O2S2. The number of anilines is 1. The first-order valence-corrected chi connectivity index (χ1v) is 8.31. The van der Waals surface area contributed by atoms with E-state index >= 15 is 0 Å². The lowest BCUT2D eigenvalue weighted by Gasteiger charge is -2.04. The first kappa shape index (κ1) is 16.3. The van der Waals surface area contributed by atoms with Crippen molar-refractivity contribution >= 4 is 47.5 Å². The Morgan fingerprint density at radius 1 is 0.909 bits per heavy atom. The zero-order valence-corrected chi connectivity index (χ0v) is 13.3. The molecule has 0 aliphatic heterocycles. The minimum absolute atomic E-state index is 0.424. The van der Waals surface area contributed by atoms with E-state index in [4.69, 9.17) is 0 Å². The van der Waals surface area contributed by atoms with Crippen LogP contribution in [0.4, 0.5) is 5.69 Å². The molecule has 0 aliphatic rings.